The standard InChI is InChI=1S/C19H24N2O4/c1-24-17-8-5-11-21(16(17)12-14-6-3-2-4-7-14)19(23)10-9-15-13-18(22)20-25-15/h2-4,6-7,13,16-17H,5,8-12H2,1H3,(H,20,22)/t16-,17-/m0/s1. The van der Waals surface area contributed by atoms with Crippen LogP contribution in [0.2, 0.25) is 0 Å². The first kappa shape index (κ1) is 17.5. The number of aromatic amines is 1. The minimum atomic E-state index is -0.276. The minimum Gasteiger partial charge on any atom is -0.384 e. The molecule has 0 spiro atoms. The van der Waals surface area contributed by atoms with Crippen molar-refractivity contribution in [2.24, 2.45) is 0 Å². The van der Waals surface area contributed by atoms with Gasteiger partial charge in [-0.05, 0) is 24.8 Å². The van der Waals surface area contributed by atoms with Gasteiger partial charge in [-0.3, -0.25) is 9.59 Å². The predicted octanol–water partition coefficient (Wildman–Crippen LogP) is 2.15. The van der Waals surface area contributed by atoms with Gasteiger partial charge in [0.2, 0.25) is 5.91 Å². The van der Waals surface area contributed by atoms with Crippen LogP contribution >= 0.6 is 0 Å². The van der Waals surface area contributed by atoms with Gasteiger partial charge >= 0.3 is 0 Å². The van der Waals surface area contributed by atoms with Crippen LogP contribution in [-0.2, 0) is 22.4 Å². The van der Waals surface area contributed by atoms with E-state index in [1.807, 2.05) is 23.1 Å². The smallest absolute Gasteiger partial charge is 0.280 e. The summed E-state index contributed by atoms with van der Waals surface area (Å²) in [5.41, 5.74) is 0.924. The molecule has 0 bridgehead atoms. The number of carbonyl (C=O) groups is 1. The number of methoxy groups -OCH3 is 1. The number of benzene rings is 1. The molecule has 1 aromatic carbocycles. The van der Waals surface area contributed by atoms with Gasteiger partial charge < -0.3 is 14.2 Å². The summed E-state index contributed by atoms with van der Waals surface area (Å²) in [6.45, 7) is 0.743. The lowest BCUT2D eigenvalue weighted by atomic mass is 9.92. The molecular formula is C19H24N2O4. The number of aromatic nitrogens is 1. The maximum Gasteiger partial charge on any atom is 0.280 e. The number of carbonyl (C=O) groups excluding carboxylic acids is 1. The molecule has 1 N–H and O–H groups in total. The molecule has 0 unspecified atom stereocenters. The lowest BCUT2D eigenvalue weighted by molar-refractivity contribution is -0.139. The second-order valence-electron chi connectivity index (χ2n) is 6.44. The Kier molecular flexibility index (Phi) is 5.71. The van der Waals surface area contributed by atoms with Crippen molar-refractivity contribution in [3.63, 3.8) is 0 Å². The molecule has 6 nitrogen and oxygen atoms in total. The molecule has 3 rings (SSSR count). The molecule has 1 saturated heterocycles. The Balaban J connectivity index is 1.69. The van der Waals surface area contributed by atoms with Crippen LogP contribution in [0.25, 0.3) is 0 Å². The maximum atomic E-state index is 12.8. The van der Waals surface area contributed by atoms with Gasteiger partial charge in [0.1, 0.15) is 5.76 Å². The number of hydrogen-bond donors (Lipinski definition) is 1. The number of nitrogens with one attached hydrogen (secondary N) is 1. The van der Waals surface area contributed by atoms with Crippen LogP contribution in [0.4, 0.5) is 0 Å². The Morgan fingerprint density at radius 2 is 2.16 bits per heavy atom. The number of rotatable bonds is 6. The molecule has 0 radical (unpaired) electrons. The summed E-state index contributed by atoms with van der Waals surface area (Å²) in [5.74, 6) is 0.588. The van der Waals surface area contributed by atoms with Gasteiger partial charge in [0.05, 0.1) is 12.1 Å². The number of piperidine rings is 1. The van der Waals surface area contributed by atoms with E-state index in [1.165, 1.54) is 11.6 Å². The van der Waals surface area contributed by atoms with Gasteiger partial charge in [0.15, 0.2) is 0 Å². The second-order valence-corrected chi connectivity index (χ2v) is 6.44. The molecular weight excluding hydrogens is 320 g/mol. The quantitative estimate of drug-likeness (QED) is 0.871. The minimum absolute atomic E-state index is 0.0342. The van der Waals surface area contributed by atoms with Crippen LogP contribution in [0.5, 0.6) is 0 Å². The first-order valence-corrected chi connectivity index (χ1v) is 8.71. The third kappa shape index (κ3) is 4.39. The second kappa shape index (κ2) is 8.16. The molecule has 0 aliphatic carbocycles. The van der Waals surface area contributed by atoms with Gasteiger partial charge in [0, 0.05) is 32.6 Å². The van der Waals surface area contributed by atoms with Crippen molar-refractivity contribution in [1.82, 2.24) is 10.1 Å². The average Bonchev–Trinajstić information content (AvgIpc) is 3.06. The van der Waals surface area contributed by atoms with E-state index < -0.39 is 0 Å². The zero-order valence-electron chi connectivity index (χ0n) is 14.4. The van der Waals surface area contributed by atoms with E-state index >= 15 is 0 Å². The fourth-order valence-electron chi connectivity index (χ4n) is 3.52. The van der Waals surface area contributed by atoms with Crippen LogP contribution in [0.15, 0.2) is 45.7 Å². The largest absolute Gasteiger partial charge is 0.384 e. The summed E-state index contributed by atoms with van der Waals surface area (Å²) in [5, 5.41) is 2.25. The monoisotopic (exact) mass is 344 g/mol. The lowest BCUT2D eigenvalue weighted by Crippen LogP contribution is -2.52. The van der Waals surface area contributed by atoms with E-state index in [-0.39, 0.29) is 23.6 Å². The predicted molar refractivity (Wildman–Crippen MR) is 93.3 cm³/mol. The molecule has 1 amide bonds. The fraction of sp³-hybridized carbons (Fsp3) is 0.474. The van der Waals surface area contributed by atoms with E-state index in [2.05, 4.69) is 17.3 Å². The molecule has 1 aliphatic heterocycles. The van der Waals surface area contributed by atoms with Crippen LogP contribution in [0.1, 0.15) is 30.6 Å². The van der Waals surface area contributed by atoms with Gasteiger partial charge in [-0.2, -0.15) is 5.16 Å². The normalized spacial score (nSPS) is 20.6. The van der Waals surface area contributed by atoms with E-state index in [4.69, 9.17) is 9.26 Å². The summed E-state index contributed by atoms with van der Waals surface area (Å²) in [7, 11) is 1.71. The van der Waals surface area contributed by atoms with Crippen molar-refractivity contribution in [3.05, 3.63) is 58.1 Å². The van der Waals surface area contributed by atoms with Crippen molar-refractivity contribution in [3.8, 4) is 0 Å². The molecule has 2 heterocycles. The van der Waals surface area contributed by atoms with Crippen LogP contribution < -0.4 is 5.56 Å². The number of amides is 1. The number of aryl methyl sites for hydroxylation is 1. The molecule has 2 atom stereocenters. The zero-order chi connectivity index (χ0) is 17.6. The zero-order valence-corrected chi connectivity index (χ0v) is 14.4. The molecule has 1 fully saturated rings. The molecule has 1 aromatic heterocycles. The topological polar surface area (TPSA) is 75.5 Å². The third-order valence-corrected chi connectivity index (χ3v) is 4.79. The van der Waals surface area contributed by atoms with Gasteiger partial charge in [-0.1, -0.05) is 30.3 Å². The lowest BCUT2D eigenvalue weighted by Gasteiger charge is -2.41. The molecule has 2 aromatic rings. The molecule has 6 heteroatoms. The van der Waals surface area contributed by atoms with Gasteiger partial charge in [-0.25, -0.2) is 0 Å². The summed E-state index contributed by atoms with van der Waals surface area (Å²) in [6.07, 6.45) is 3.47. The van der Waals surface area contributed by atoms with Crippen molar-refractivity contribution in [2.45, 2.75) is 44.2 Å². The Bertz CT molecular complexity index is 737. The fourth-order valence-corrected chi connectivity index (χ4v) is 3.52. The SMILES string of the molecule is CO[C@H]1CCCN(C(=O)CCc2cc(=O)[nH]o2)[C@H]1Cc1ccccc1. The molecule has 25 heavy (non-hydrogen) atoms. The van der Waals surface area contributed by atoms with E-state index in [0.717, 1.165) is 25.8 Å². The highest BCUT2D eigenvalue weighted by atomic mass is 16.5. The number of hydrogen-bond acceptors (Lipinski definition) is 4. The Morgan fingerprint density at radius 3 is 2.84 bits per heavy atom. The summed E-state index contributed by atoms with van der Waals surface area (Å²) in [6, 6.07) is 11.6. The number of H-pyrrole nitrogens is 1. The maximum absolute atomic E-state index is 12.8. The highest BCUT2D eigenvalue weighted by Gasteiger charge is 2.34. The Hall–Kier alpha value is -2.34. The van der Waals surface area contributed by atoms with Crippen LogP contribution in [0.3, 0.4) is 0 Å². The average molecular weight is 344 g/mol. The molecule has 1 aliphatic rings. The van der Waals surface area contributed by atoms with Crippen molar-refractivity contribution < 1.29 is 14.1 Å². The molecule has 0 saturated carbocycles. The number of ether oxygens (including phenoxy) is 1. The van der Waals surface area contributed by atoms with Crippen LogP contribution in [-0.4, -0.2) is 41.8 Å². The molecule has 134 valence electrons. The highest BCUT2D eigenvalue weighted by Crippen LogP contribution is 2.24. The summed E-state index contributed by atoms with van der Waals surface area (Å²) in [4.78, 5) is 25.8. The first-order valence-electron chi connectivity index (χ1n) is 8.71. The number of likely N-dealkylation sites (tertiary alicyclic amines) is 1. The Morgan fingerprint density at radius 1 is 1.36 bits per heavy atom. The van der Waals surface area contributed by atoms with Gasteiger partial charge in [0.25, 0.3) is 5.56 Å². The van der Waals surface area contributed by atoms with Crippen molar-refractivity contribution in [2.75, 3.05) is 13.7 Å². The van der Waals surface area contributed by atoms with E-state index in [1.54, 1.807) is 7.11 Å². The number of nitrogens with zero attached hydrogens (tertiary/aromatic N) is 1. The van der Waals surface area contributed by atoms with Crippen molar-refractivity contribution in [1.29, 1.82) is 0 Å². The summed E-state index contributed by atoms with van der Waals surface area (Å²) < 4.78 is 10.7. The van der Waals surface area contributed by atoms with Crippen molar-refractivity contribution >= 4 is 5.91 Å². The van der Waals surface area contributed by atoms with E-state index in [9.17, 15) is 9.59 Å². The first-order chi connectivity index (χ1) is 12.2. The summed E-state index contributed by atoms with van der Waals surface area (Å²) >= 11 is 0. The Labute approximate surface area is 146 Å². The third-order valence-electron chi connectivity index (χ3n) is 4.79. The highest BCUT2D eigenvalue weighted by molar-refractivity contribution is 5.77. The van der Waals surface area contributed by atoms with Gasteiger partial charge in [-0.15, -0.1) is 0 Å². The van der Waals surface area contributed by atoms with E-state index in [0.29, 0.717) is 18.6 Å². The van der Waals surface area contributed by atoms with Crippen LogP contribution in [0, 0.1) is 0 Å².